The van der Waals surface area contributed by atoms with Crippen LogP contribution in [0.3, 0.4) is 0 Å². The smallest absolute Gasteiger partial charge is 0.266 e. The third-order valence-electron chi connectivity index (χ3n) is 5.64. The maximum Gasteiger partial charge on any atom is 0.268 e. The molecule has 156 valence electrons. The Kier molecular flexibility index (Phi) is 4.87. The van der Waals surface area contributed by atoms with Crippen molar-refractivity contribution in [1.82, 2.24) is 9.78 Å². The van der Waals surface area contributed by atoms with Crippen LogP contribution < -0.4 is 4.31 Å². The lowest BCUT2D eigenvalue weighted by atomic mass is 10.1. The summed E-state index contributed by atoms with van der Waals surface area (Å²) in [7, 11) is -3.80. The van der Waals surface area contributed by atoms with E-state index in [1.54, 1.807) is 15.2 Å². The van der Waals surface area contributed by atoms with E-state index in [9.17, 15) is 8.42 Å². The number of rotatable bonds is 5. The van der Waals surface area contributed by atoms with Crippen molar-refractivity contribution >= 4 is 15.7 Å². The second-order valence-corrected chi connectivity index (χ2v) is 9.66. The Morgan fingerprint density at radius 1 is 0.903 bits per heavy atom. The van der Waals surface area contributed by atoms with Crippen LogP contribution >= 0.6 is 0 Å². The van der Waals surface area contributed by atoms with Crippen LogP contribution in [0.15, 0.2) is 96.0 Å². The molecular formula is C25H23N3O2S. The van der Waals surface area contributed by atoms with Gasteiger partial charge in [0, 0.05) is 17.8 Å². The van der Waals surface area contributed by atoms with Gasteiger partial charge in [-0.1, -0.05) is 78.9 Å². The maximum absolute atomic E-state index is 13.9. The van der Waals surface area contributed by atoms with Crippen molar-refractivity contribution in [3.63, 3.8) is 0 Å². The van der Waals surface area contributed by atoms with Gasteiger partial charge in [0.15, 0.2) is 0 Å². The molecule has 1 unspecified atom stereocenters. The minimum absolute atomic E-state index is 0.150. The molecule has 6 heteroatoms. The van der Waals surface area contributed by atoms with Crippen LogP contribution in [0.25, 0.3) is 11.3 Å². The molecule has 1 atom stereocenters. The van der Waals surface area contributed by atoms with Crippen LogP contribution in [0.2, 0.25) is 0 Å². The lowest BCUT2D eigenvalue weighted by Crippen LogP contribution is -2.35. The Balaban J connectivity index is 1.64. The standard InChI is InChI=1S/C25H23N3O2S/c1-19-16-22-14-8-9-15-23(22)28(19)31(29,30)24-18-27(17-20-10-4-2-5-11-20)26-25(24)21-12-6-3-7-13-21/h2-15,18-19H,16-17H2,1H3. The lowest BCUT2D eigenvalue weighted by Gasteiger charge is -2.24. The molecule has 2 heterocycles. The van der Waals surface area contributed by atoms with Gasteiger partial charge in [0.25, 0.3) is 10.0 Å². The van der Waals surface area contributed by atoms with Crippen LogP contribution in [0.5, 0.6) is 0 Å². The molecule has 3 aromatic carbocycles. The summed E-state index contributed by atoms with van der Waals surface area (Å²) in [5.41, 5.74) is 4.14. The molecule has 31 heavy (non-hydrogen) atoms. The molecule has 0 fully saturated rings. The molecule has 0 N–H and O–H groups in total. The van der Waals surface area contributed by atoms with Crippen LogP contribution in [-0.2, 0) is 23.0 Å². The van der Waals surface area contributed by atoms with E-state index in [-0.39, 0.29) is 10.9 Å². The monoisotopic (exact) mass is 429 g/mol. The zero-order valence-electron chi connectivity index (χ0n) is 17.2. The fraction of sp³-hybridized carbons (Fsp3) is 0.160. The summed E-state index contributed by atoms with van der Waals surface area (Å²) >= 11 is 0. The Morgan fingerprint density at radius 2 is 1.55 bits per heavy atom. The largest absolute Gasteiger partial charge is 0.268 e. The first-order chi connectivity index (χ1) is 15.0. The van der Waals surface area contributed by atoms with Crippen LogP contribution in [0.1, 0.15) is 18.1 Å². The van der Waals surface area contributed by atoms with Gasteiger partial charge in [0.1, 0.15) is 10.6 Å². The average molecular weight is 430 g/mol. The number of aromatic nitrogens is 2. The highest BCUT2D eigenvalue weighted by molar-refractivity contribution is 7.93. The summed E-state index contributed by atoms with van der Waals surface area (Å²) < 4.78 is 31.2. The molecule has 0 radical (unpaired) electrons. The van der Waals surface area contributed by atoms with Crippen molar-refractivity contribution in [2.75, 3.05) is 4.31 Å². The molecule has 0 bridgehead atoms. The van der Waals surface area contributed by atoms with E-state index in [1.165, 1.54) is 0 Å². The maximum atomic E-state index is 13.9. The molecule has 0 spiro atoms. The number of sulfonamides is 1. The normalized spacial score (nSPS) is 15.8. The summed E-state index contributed by atoms with van der Waals surface area (Å²) in [6.07, 6.45) is 2.37. The highest BCUT2D eigenvalue weighted by Crippen LogP contribution is 2.38. The molecule has 1 aliphatic rings. The van der Waals surface area contributed by atoms with Crippen LogP contribution in [0.4, 0.5) is 5.69 Å². The molecule has 0 saturated carbocycles. The average Bonchev–Trinajstić information content (AvgIpc) is 3.36. The second kappa shape index (κ2) is 7.71. The van der Waals surface area contributed by atoms with Crippen molar-refractivity contribution in [2.24, 2.45) is 0 Å². The fourth-order valence-electron chi connectivity index (χ4n) is 4.25. The summed E-state index contributed by atoms with van der Waals surface area (Å²) in [5, 5.41) is 4.71. The summed E-state index contributed by atoms with van der Waals surface area (Å²) in [4.78, 5) is 0.234. The molecule has 1 aliphatic heterocycles. The van der Waals surface area contributed by atoms with Crippen molar-refractivity contribution in [3.8, 4) is 11.3 Å². The van der Waals surface area contributed by atoms with Gasteiger partial charge in [-0.05, 0) is 30.5 Å². The minimum Gasteiger partial charge on any atom is -0.266 e. The third kappa shape index (κ3) is 3.53. The molecule has 4 aromatic rings. The highest BCUT2D eigenvalue weighted by atomic mass is 32.2. The molecular weight excluding hydrogens is 406 g/mol. The van der Waals surface area contributed by atoms with E-state index < -0.39 is 10.0 Å². The number of nitrogens with zero attached hydrogens (tertiary/aromatic N) is 3. The van der Waals surface area contributed by atoms with E-state index in [0.717, 1.165) is 22.4 Å². The zero-order valence-corrected chi connectivity index (χ0v) is 18.0. The second-order valence-electron chi connectivity index (χ2n) is 7.87. The van der Waals surface area contributed by atoms with Crippen LogP contribution in [-0.4, -0.2) is 24.2 Å². The summed E-state index contributed by atoms with van der Waals surface area (Å²) in [6.45, 7) is 2.45. The molecule has 0 saturated heterocycles. The predicted molar refractivity (Wildman–Crippen MR) is 122 cm³/mol. The summed E-state index contributed by atoms with van der Waals surface area (Å²) in [5.74, 6) is 0. The van der Waals surface area contributed by atoms with Gasteiger partial charge in [-0.2, -0.15) is 5.10 Å². The molecule has 5 nitrogen and oxygen atoms in total. The molecule has 5 rings (SSSR count). The SMILES string of the molecule is CC1Cc2ccccc2N1S(=O)(=O)c1cn(Cc2ccccc2)nc1-c1ccccc1. The van der Waals surface area contributed by atoms with Gasteiger partial charge in [-0.25, -0.2) is 8.42 Å². The first-order valence-electron chi connectivity index (χ1n) is 10.3. The van der Waals surface area contributed by atoms with E-state index in [4.69, 9.17) is 5.10 Å². The number of hydrogen-bond acceptors (Lipinski definition) is 3. The van der Waals surface area contributed by atoms with E-state index in [0.29, 0.717) is 18.7 Å². The third-order valence-corrected chi connectivity index (χ3v) is 7.57. The topological polar surface area (TPSA) is 55.2 Å². The Morgan fingerprint density at radius 3 is 2.29 bits per heavy atom. The number of hydrogen-bond donors (Lipinski definition) is 0. The van der Waals surface area contributed by atoms with Gasteiger partial charge in [0.05, 0.1) is 12.2 Å². The summed E-state index contributed by atoms with van der Waals surface area (Å²) in [6, 6.07) is 27.0. The van der Waals surface area contributed by atoms with Crippen molar-refractivity contribution < 1.29 is 8.42 Å². The van der Waals surface area contributed by atoms with Crippen LogP contribution in [0, 0.1) is 0 Å². The van der Waals surface area contributed by atoms with Gasteiger partial charge in [-0.3, -0.25) is 8.99 Å². The molecule has 0 amide bonds. The first-order valence-corrected chi connectivity index (χ1v) is 11.8. The number of benzene rings is 3. The Labute approximate surface area is 182 Å². The minimum atomic E-state index is -3.80. The lowest BCUT2D eigenvalue weighted by molar-refractivity contribution is 0.584. The number of para-hydroxylation sites is 1. The number of anilines is 1. The molecule has 1 aromatic heterocycles. The van der Waals surface area contributed by atoms with E-state index in [2.05, 4.69) is 0 Å². The van der Waals surface area contributed by atoms with E-state index in [1.807, 2.05) is 91.9 Å². The number of fused-ring (bicyclic) bond motifs is 1. The van der Waals surface area contributed by atoms with E-state index >= 15 is 0 Å². The van der Waals surface area contributed by atoms with Gasteiger partial charge in [0.2, 0.25) is 0 Å². The molecule has 0 aliphatic carbocycles. The predicted octanol–water partition coefficient (Wildman–Crippen LogP) is 4.74. The fourth-order valence-corrected chi connectivity index (χ4v) is 6.10. The highest BCUT2D eigenvalue weighted by Gasteiger charge is 2.38. The first kappa shape index (κ1) is 19.6. The van der Waals surface area contributed by atoms with Gasteiger partial charge >= 0.3 is 0 Å². The van der Waals surface area contributed by atoms with Crippen molar-refractivity contribution in [1.29, 1.82) is 0 Å². The van der Waals surface area contributed by atoms with Crippen molar-refractivity contribution in [2.45, 2.75) is 30.8 Å². The Hall–Kier alpha value is -3.38. The Bertz CT molecular complexity index is 1320. The van der Waals surface area contributed by atoms with Gasteiger partial charge in [-0.15, -0.1) is 0 Å². The van der Waals surface area contributed by atoms with Gasteiger partial charge < -0.3 is 0 Å². The van der Waals surface area contributed by atoms with Crippen molar-refractivity contribution in [3.05, 3.63) is 102 Å². The quantitative estimate of drug-likeness (QED) is 0.461. The zero-order chi connectivity index (χ0) is 21.4.